The smallest absolute Gasteiger partial charge is 0.328 e. The number of carboxylic acid groups (broad SMARTS) is 1. The third-order valence-corrected chi connectivity index (χ3v) is 1.57. The zero-order valence-corrected chi connectivity index (χ0v) is 8.82. The fourth-order valence-electron chi connectivity index (χ4n) is 0.815. The molecular weight excluding hydrogens is 218 g/mol. The van der Waals surface area contributed by atoms with Crippen LogP contribution in [-0.2, 0) is 9.59 Å². The van der Waals surface area contributed by atoms with Gasteiger partial charge >= 0.3 is 12.0 Å². The molecule has 0 bridgehead atoms. The Hall–Kier alpha value is -1.83. The van der Waals surface area contributed by atoms with Crippen LogP contribution < -0.4 is 16.0 Å². The van der Waals surface area contributed by atoms with E-state index in [9.17, 15) is 14.4 Å². The van der Waals surface area contributed by atoms with Gasteiger partial charge in [0.2, 0.25) is 5.91 Å². The number of carbonyl (C=O) groups excluding carboxylic acids is 2. The molecule has 92 valence electrons. The van der Waals surface area contributed by atoms with E-state index in [1.54, 1.807) is 6.92 Å². The van der Waals surface area contributed by atoms with Crippen molar-refractivity contribution in [3.05, 3.63) is 0 Å². The largest absolute Gasteiger partial charge is 0.480 e. The van der Waals surface area contributed by atoms with Gasteiger partial charge in [0.1, 0.15) is 0 Å². The van der Waals surface area contributed by atoms with Crippen molar-refractivity contribution in [1.82, 2.24) is 16.0 Å². The number of aliphatic hydroxyl groups excluding tert-OH is 1. The number of amides is 3. The van der Waals surface area contributed by atoms with Crippen molar-refractivity contribution >= 4 is 17.9 Å². The monoisotopic (exact) mass is 233 g/mol. The number of urea groups is 1. The van der Waals surface area contributed by atoms with Crippen LogP contribution in [0.25, 0.3) is 0 Å². The Morgan fingerprint density at radius 2 is 1.88 bits per heavy atom. The first kappa shape index (κ1) is 14.2. The molecule has 8 nitrogen and oxygen atoms in total. The third kappa shape index (κ3) is 5.81. The molecule has 0 aliphatic carbocycles. The summed E-state index contributed by atoms with van der Waals surface area (Å²) in [5.41, 5.74) is 0. The van der Waals surface area contributed by atoms with Gasteiger partial charge in [-0.25, -0.2) is 9.59 Å². The zero-order chi connectivity index (χ0) is 12.6. The second-order valence-corrected chi connectivity index (χ2v) is 2.85. The molecule has 0 aromatic carbocycles. The van der Waals surface area contributed by atoms with Crippen molar-refractivity contribution in [1.29, 1.82) is 0 Å². The molecule has 0 aromatic rings. The highest BCUT2D eigenvalue weighted by molar-refractivity contribution is 5.86. The number of rotatable bonds is 6. The van der Waals surface area contributed by atoms with Crippen molar-refractivity contribution in [3.8, 4) is 0 Å². The Morgan fingerprint density at radius 1 is 1.25 bits per heavy atom. The third-order valence-electron chi connectivity index (χ3n) is 1.57. The van der Waals surface area contributed by atoms with Crippen molar-refractivity contribution in [2.45, 2.75) is 13.0 Å². The SMILES string of the molecule is CCNC(=O)CNC(=O)N[C@@H](CO)C(=O)O. The van der Waals surface area contributed by atoms with Gasteiger partial charge in [-0.2, -0.15) is 0 Å². The Morgan fingerprint density at radius 3 is 2.31 bits per heavy atom. The number of carbonyl (C=O) groups is 3. The van der Waals surface area contributed by atoms with Crippen molar-refractivity contribution < 1.29 is 24.6 Å². The lowest BCUT2D eigenvalue weighted by Crippen LogP contribution is -2.49. The van der Waals surface area contributed by atoms with Crippen LogP contribution in [0.15, 0.2) is 0 Å². The van der Waals surface area contributed by atoms with E-state index in [2.05, 4.69) is 10.6 Å². The van der Waals surface area contributed by atoms with Crippen LogP contribution in [0.5, 0.6) is 0 Å². The Kier molecular flexibility index (Phi) is 6.61. The summed E-state index contributed by atoms with van der Waals surface area (Å²) < 4.78 is 0. The maximum Gasteiger partial charge on any atom is 0.328 e. The molecule has 0 heterocycles. The topological polar surface area (TPSA) is 128 Å². The lowest BCUT2D eigenvalue weighted by molar-refractivity contribution is -0.140. The Bertz CT molecular complexity index is 268. The molecular formula is C8H15N3O5. The summed E-state index contributed by atoms with van der Waals surface area (Å²) in [4.78, 5) is 32.4. The summed E-state index contributed by atoms with van der Waals surface area (Å²) in [6, 6.07) is -2.21. The van der Waals surface area contributed by atoms with Gasteiger partial charge in [-0.15, -0.1) is 0 Å². The zero-order valence-electron chi connectivity index (χ0n) is 8.82. The molecule has 5 N–H and O–H groups in total. The summed E-state index contributed by atoms with van der Waals surface area (Å²) in [5, 5.41) is 23.7. The Balaban J connectivity index is 3.89. The van der Waals surface area contributed by atoms with E-state index in [1.165, 1.54) is 0 Å². The summed E-state index contributed by atoms with van der Waals surface area (Å²) in [7, 11) is 0. The van der Waals surface area contributed by atoms with Crippen LogP contribution in [0.4, 0.5) is 4.79 Å². The molecule has 0 saturated heterocycles. The normalized spacial score (nSPS) is 11.4. The predicted molar refractivity (Wildman–Crippen MR) is 53.7 cm³/mol. The number of likely N-dealkylation sites (N-methyl/N-ethyl adjacent to an activating group) is 1. The fourth-order valence-corrected chi connectivity index (χ4v) is 0.815. The van der Waals surface area contributed by atoms with Crippen LogP contribution in [-0.4, -0.2) is 53.9 Å². The van der Waals surface area contributed by atoms with E-state index < -0.39 is 24.6 Å². The molecule has 8 heteroatoms. The quantitative estimate of drug-likeness (QED) is 0.358. The maximum atomic E-state index is 11.0. The number of nitrogens with one attached hydrogen (secondary N) is 3. The summed E-state index contributed by atoms with van der Waals surface area (Å²) in [5.74, 6) is -1.73. The minimum Gasteiger partial charge on any atom is -0.480 e. The van der Waals surface area contributed by atoms with Crippen molar-refractivity contribution in [2.24, 2.45) is 0 Å². The van der Waals surface area contributed by atoms with Gasteiger partial charge in [0.05, 0.1) is 13.2 Å². The molecule has 0 aromatic heterocycles. The molecule has 0 unspecified atom stereocenters. The molecule has 0 aliphatic heterocycles. The average molecular weight is 233 g/mol. The van der Waals surface area contributed by atoms with Gasteiger partial charge in [-0.05, 0) is 6.92 Å². The van der Waals surface area contributed by atoms with Crippen LogP contribution in [0, 0.1) is 0 Å². The van der Waals surface area contributed by atoms with E-state index in [0.717, 1.165) is 0 Å². The highest BCUT2D eigenvalue weighted by atomic mass is 16.4. The summed E-state index contributed by atoms with van der Waals surface area (Å²) >= 11 is 0. The van der Waals surface area contributed by atoms with Gasteiger partial charge in [0, 0.05) is 6.54 Å². The van der Waals surface area contributed by atoms with E-state index in [0.29, 0.717) is 6.54 Å². The van der Waals surface area contributed by atoms with E-state index >= 15 is 0 Å². The fraction of sp³-hybridized carbons (Fsp3) is 0.625. The number of aliphatic hydroxyl groups is 1. The van der Waals surface area contributed by atoms with E-state index in [-0.39, 0.29) is 12.5 Å². The van der Waals surface area contributed by atoms with Crippen LogP contribution >= 0.6 is 0 Å². The second kappa shape index (κ2) is 7.46. The lowest BCUT2D eigenvalue weighted by atomic mass is 10.3. The van der Waals surface area contributed by atoms with Gasteiger partial charge in [0.15, 0.2) is 6.04 Å². The molecule has 0 spiro atoms. The molecule has 3 amide bonds. The van der Waals surface area contributed by atoms with Crippen molar-refractivity contribution in [3.63, 3.8) is 0 Å². The van der Waals surface area contributed by atoms with Crippen LogP contribution in [0.1, 0.15) is 6.92 Å². The number of aliphatic carboxylic acids is 1. The minimum absolute atomic E-state index is 0.253. The predicted octanol–water partition coefficient (Wildman–Crippen LogP) is -2.13. The molecule has 0 rings (SSSR count). The van der Waals surface area contributed by atoms with Crippen LogP contribution in [0.2, 0.25) is 0 Å². The molecule has 16 heavy (non-hydrogen) atoms. The molecule has 0 aliphatic rings. The Labute approximate surface area is 92.0 Å². The van der Waals surface area contributed by atoms with Gasteiger partial charge in [-0.3, -0.25) is 4.79 Å². The van der Waals surface area contributed by atoms with Gasteiger partial charge in [0.25, 0.3) is 0 Å². The number of carboxylic acids is 1. The first-order chi connectivity index (χ1) is 7.51. The molecule has 0 saturated carbocycles. The van der Waals surface area contributed by atoms with Gasteiger partial charge in [-0.1, -0.05) is 0 Å². The standard InChI is InChI=1S/C8H15N3O5/c1-2-9-6(13)3-10-8(16)11-5(4-12)7(14)15/h5,12H,2-4H2,1H3,(H,9,13)(H,14,15)(H2,10,11,16)/t5-/m0/s1. The number of hydrogen-bond donors (Lipinski definition) is 5. The minimum atomic E-state index is -1.38. The first-order valence-electron chi connectivity index (χ1n) is 4.66. The molecule has 1 atom stereocenters. The second-order valence-electron chi connectivity index (χ2n) is 2.85. The van der Waals surface area contributed by atoms with Crippen molar-refractivity contribution in [2.75, 3.05) is 19.7 Å². The van der Waals surface area contributed by atoms with E-state index in [1.807, 2.05) is 5.32 Å². The molecule has 0 radical (unpaired) electrons. The highest BCUT2D eigenvalue weighted by Crippen LogP contribution is 1.81. The maximum absolute atomic E-state index is 11.0. The van der Waals surface area contributed by atoms with Crippen LogP contribution in [0.3, 0.4) is 0 Å². The highest BCUT2D eigenvalue weighted by Gasteiger charge is 2.18. The lowest BCUT2D eigenvalue weighted by Gasteiger charge is -2.12. The summed E-state index contributed by atoms with van der Waals surface area (Å²) in [6.07, 6.45) is 0. The first-order valence-corrected chi connectivity index (χ1v) is 4.66. The molecule has 0 fully saturated rings. The van der Waals surface area contributed by atoms with Gasteiger partial charge < -0.3 is 26.2 Å². The average Bonchev–Trinajstić information content (AvgIpc) is 2.23. The summed E-state index contributed by atoms with van der Waals surface area (Å²) in [6.45, 7) is 1.20. The van der Waals surface area contributed by atoms with E-state index in [4.69, 9.17) is 10.2 Å². The number of hydrogen-bond acceptors (Lipinski definition) is 4.